The monoisotopic (exact) mass is 763 g/mol. The number of aliphatic hydroxyl groups excluding tert-OH is 1. The Morgan fingerprint density at radius 1 is 0.611 bits per heavy atom. The van der Waals surface area contributed by atoms with Crippen LogP contribution in [0.3, 0.4) is 0 Å². The normalized spacial score (nSPS) is 14.0. The van der Waals surface area contributed by atoms with E-state index < -0.39 is 35.9 Å². The molecule has 10 nitrogen and oxygen atoms in total. The quantitative estimate of drug-likeness (QED) is 0.0333. The average molecular weight is 763 g/mol. The van der Waals surface area contributed by atoms with Gasteiger partial charge in [0.15, 0.2) is 5.54 Å². The number of nitrogens with one attached hydrogen (secondary N) is 1. The number of carboxylic acids is 1. The largest absolute Gasteiger partial charge is 0.479 e. The van der Waals surface area contributed by atoms with E-state index in [1.54, 1.807) is 0 Å². The van der Waals surface area contributed by atoms with E-state index in [2.05, 4.69) is 43.5 Å². The lowest BCUT2D eigenvalue weighted by atomic mass is 10.0. The van der Waals surface area contributed by atoms with Crippen molar-refractivity contribution < 1.29 is 39.0 Å². The molecule has 1 aliphatic rings. The van der Waals surface area contributed by atoms with Gasteiger partial charge in [-0.1, -0.05) is 141 Å². The topological polar surface area (TPSA) is 150 Å². The van der Waals surface area contributed by atoms with Crippen LogP contribution < -0.4 is 5.32 Å². The molecule has 3 N–H and O–H groups in total. The number of rotatable bonds is 34. The Kier molecular flexibility index (Phi) is 33.7. The van der Waals surface area contributed by atoms with Crippen LogP contribution in [0.15, 0.2) is 24.3 Å². The summed E-state index contributed by atoms with van der Waals surface area (Å²) in [6.07, 6.45) is 41.2. The first-order chi connectivity index (χ1) is 26.1. The summed E-state index contributed by atoms with van der Waals surface area (Å²) in [6, 6.07) is 0. The van der Waals surface area contributed by atoms with Crippen molar-refractivity contribution in [2.75, 3.05) is 6.61 Å². The first kappa shape index (κ1) is 51.0. The minimum Gasteiger partial charge on any atom is -0.479 e. The summed E-state index contributed by atoms with van der Waals surface area (Å²) in [5.74, 6) is -2.86. The highest BCUT2D eigenvalue weighted by Crippen LogP contribution is 2.15. The Morgan fingerprint density at radius 2 is 0.963 bits per heavy atom. The third-order valence-electron chi connectivity index (χ3n) is 9.71. The first-order valence-electron chi connectivity index (χ1n) is 21.6. The average Bonchev–Trinajstić information content (AvgIpc) is 3.47. The Balaban J connectivity index is 0.00000104. The van der Waals surface area contributed by atoms with Crippen LogP contribution in [0, 0.1) is 0 Å². The molecule has 0 bridgehead atoms. The summed E-state index contributed by atoms with van der Waals surface area (Å²) in [5.41, 5.74) is -1.58. The van der Waals surface area contributed by atoms with Gasteiger partial charge in [0.2, 0.25) is 5.91 Å². The number of imide groups is 1. The molecule has 1 unspecified atom stereocenters. The molecule has 1 rings (SSSR count). The number of hydrogen-bond acceptors (Lipinski definition) is 7. The number of amides is 3. The van der Waals surface area contributed by atoms with Gasteiger partial charge in [-0.15, -0.1) is 5.06 Å². The number of carbonyl (C=O) groups excluding carboxylic acids is 4. The highest BCUT2D eigenvalue weighted by molar-refractivity contribution is 6.01. The van der Waals surface area contributed by atoms with Gasteiger partial charge in [0.25, 0.3) is 11.8 Å². The molecular formula is C44H78N2O8. The van der Waals surface area contributed by atoms with Crippen LogP contribution in [0.1, 0.15) is 213 Å². The predicted octanol–water partition coefficient (Wildman–Crippen LogP) is 10.6. The number of aliphatic carboxylic acids is 1. The number of allylic oxidation sites excluding steroid dienone is 4. The Morgan fingerprint density at radius 3 is 1.33 bits per heavy atom. The molecule has 0 spiro atoms. The molecule has 1 heterocycles. The van der Waals surface area contributed by atoms with Crippen molar-refractivity contribution in [2.24, 2.45) is 0 Å². The van der Waals surface area contributed by atoms with Gasteiger partial charge in [-0.25, -0.2) is 9.59 Å². The third-order valence-corrected chi connectivity index (χ3v) is 9.71. The van der Waals surface area contributed by atoms with Gasteiger partial charge in [0.1, 0.15) is 0 Å². The van der Waals surface area contributed by atoms with Crippen molar-refractivity contribution in [2.45, 2.75) is 219 Å². The zero-order valence-corrected chi connectivity index (χ0v) is 34.5. The fraction of sp³-hybridized carbons (Fsp3) is 0.795. The van der Waals surface area contributed by atoms with Gasteiger partial charge in [0, 0.05) is 25.7 Å². The summed E-state index contributed by atoms with van der Waals surface area (Å²) in [7, 11) is 0. The second-order valence-corrected chi connectivity index (χ2v) is 15.1. The number of nitrogens with zero attached hydrogens (tertiary/aromatic N) is 1. The molecule has 0 saturated carbocycles. The SMILES string of the molecule is CCCCCCCC/C=C\CCCCCCCC(=O)NC(C)(CO)C(=O)O.CCCCCCCC/C=C\CCCCCCCC(=O)ON1C(=O)CCC1=O. The van der Waals surface area contributed by atoms with E-state index in [9.17, 15) is 24.0 Å². The van der Waals surface area contributed by atoms with Gasteiger partial charge in [-0.2, -0.15) is 0 Å². The van der Waals surface area contributed by atoms with Crippen LogP contribution in [0.2, 0.25) is 0 Å². The minimum absolute atomic E-state index is 0.138. The summed E-state index contributed by atoms with van der Waals surface area (Å²) in [5, 5.41) is 21.1. The van der Waals surface area contributed by atoms with E-state index >= 15 is 0 Å². The molecule has 3 amide bonds. The number of aliphatic hydroxyl groups is 1. The highest BCUT2D eigenvalue weighted by atomic mass is 16.7. The van der Waals surface area contributed by atoms with Crippen molar-refractivity contribution >= 4 is 29.7 Å². The molecule has 0 aromatic heterocycles. The minimum atomic E-state index is -1.58. The molecule has 54 heavy (non-hydrogen) atoms. The zero-order valence-electron chi connectivity index (χ0n) is 34.5. The second kappa shape index (κ2) is 35.7. The molecular weight excluding hydrogens is 684 g/mol. The van der Waals surface area contributed by atoms with Crippen molar-refractivity contribution in [1.29, 1.82) is 0 Å². The lowest BCUT2D eigenvalue weighted by molar-refractivity contribution is -0.197. The maximum absolute atomic E-state index is 11.8. The molecule has 0 aromatic carbocycles. The Hall–Kier alpha value is -3.01. The van der Waals surface area contributed by atoms with Crippen molar-refractivity contribution in [3.63, 3.8) is 0 Å². The first-order valence-corrected chi connectivity index (χ1v) is 21.6. The molecule has 312 valence electrons. The van der Waals surface area contributed by atoms with Crippen molar-refractivity contribution in [1.82, 2.24) is 10.4 Å². The molecule has 0 aromatic rings. The molecule has 0 aliphatic carbocycles. The van der Waals surface area contributed by atoms with E-state index in [-0.39, 0.29) is 25.2 Å². The van der Waals surface area contributed by atoms with Crippen molar-refractivity contribution in [3.05, 3.63) is 24.3 Å². The van der Waals surface area contributed by atoms with Crippen LogP contribution in [0.4, 0.5) is 0 Å². The molecule has 1 saturated heterocycles. The lowest BCUT2D eigenvalue weighted by Crippen LogP contribution is -2.54. The fourth-order valence-electron chi connectivity index (χ4n) is 6.03. The van der Waals surface area contributed by atoms with E-state index in [0.29, 0.717) is 11.5 Å². The fourth-order valence-corrected chi connectivity index (χ4v) is 6.03. The van der Waals surface area contributed by atoms with E-state index in [4.69, 9.17) is 15.1 Å². The molecule has 1 fully saturated rings. The van der Waals surface area contributed by atoms with Crippen LogP contribution in [-0.2, 0) is 28.8 Å². The van der Waals surface area contributed by atoms with Gasteiger partial charge >= 0.3 is 11.9 Å². The molecule has 1 atom stereocenters. The number of hydroxylamine groups is 2. The smallest absolute Gasteiger partial charge is 0.333 e. The maximum atomic E-state index is 11.8. The molecule has 0 radical (unpaired) electrons. The number of carbonyl (C=O) groups is 5. The summed E-state index contributed by atoms with van der Waals surface area (Å²) >= 11 is 0. The molecule has 10 heteroatoms. The van der Waals surface area contributed by atoms with Crippen LogP contribution >= 0.6 is 0 Å². The lowest BCUT2D eigenvalue weighted by Gasteiger charge is -2.23. The van der Waals surface area contributed by atoms with Gasteiger partial charge in [-0.05, 0) is 71.1 Å². The maximum Gasteiger partial charge on any atom is 0.333 e. The number of unbranched alkanes of at least 4 members (excludes halogenated alkanes) is 22. The second-order valence-electron chi connectivity index (χ2n) is 15.1. The Labute approximate surface area is 328 Å². The zero-order chi connectivity index (χ0) is 40.1. The van der Waals surface area contributed by atoms with Crippen LogP contribution in [0.25, 0.3) is 0 Å². The predicted molar refractivity (Wildman–Crippen MR) is 217 cm³/mol. The van der Waals surface area contributed by atoms with Crippen LogP contribution in [0.5, 0.6) is 0 Å². The number of hydrogen-bond donors (Lipinski definition) is 3. The summed E-state index contributed by atoms with van der Waals surface area (Å²) < 4.78 is 0. The van der Waals surface area contributed by atoms with E-state index in [1.165, 1.54) is 116 Å². The highest BCUT2D eigenvalue weighted by Gasteiger charge is 2.34. The van der Waals surface area contributed by atoms with Gasteiger partial charge in [0.05, 0.1) is 6.61 Å². The standard InChI is InChI=1S/C22H37NO4.C22H41NO4/c1-2-3-4-5-6-7-8-9-10-11-12-13-14-15-16-17-22(26)27-23-20(24)18-19-21(23)25;1-3-4-5-6-7-8-9-10-11-12-13-14-15-16-17-18-20(25)23-22(2,19-24)21(26)27/h9-10H,2-8,11-19H2,1H3;10-11,24H,3-9,12-19H2,1-2H3,(H,23,25)(H,26,27)/b10-9-;11-10-. The molecule has 1 aliphatic heterocycles. The van der Waals surface area contributed by atoms with Crippen molar-refractivity contribution in [3.8, 4) is 0 Å². The third kappa shape index (κ3) is 29.4. The Bertz CT molecular complexity index is 1040. The van der Waals surface area contributed by atoms with Gasteiger partial charge < -0.3 is 20.4 Å². The summed E-state index contributed by atoms with van der Waals surface area (Å²) in [6.45, 7) is 5.20. The number of carboxylic acid groups (broad SMARTS) is 1. The summed E-state index contributed by atoms with van der Waals surface area (Å²) in [4.78, 5) is 62.0. The van der Waals surface area contributed by atoms with E-state index in [1.807, 2.05) is 0 Å². The van der Waals surface area contributed by atoms with Gasteiger partial charge in [-0.3, -0.25) is 14.4 Å². The van der Waals surface area contributed by atoms with E-state index in [0.717, 1.165) is 57.8 Å². The van der Waals surface area contributed by atoms with Crippen LogP contribution in [-0.4, -0.2) is 57.1 Å².